The number of hydrogen-bond acceptors (Lipinski definition) is 3. The van der Waals surface area contributed by atoms with Gasteiger partial charge in [-0.05, 0) is 45.3 Å². The summed E-state index contributed by atoms with van der Waals surface area (Å²) in [4.78, 5) is 21.3. The molecule has 0 amide bonds. The summed E-state index contributed by atoms with van der Waals surface area (Å²) in [5, 5.41) is 1.04. The number of aromatic amines is 1. The molecule has 2 fully saturated rings. The van der Waals surface area contributed by atoms with Gasteiger partial charge in [0.15, 0.2) is 5.78 Å². The van der Waals surface area contributed by atoms with Crippen LogP contribution in [0.15, 0.2) is 30.5 Å². The molecule has 4 nitrogen and oxygen atoms in total. The molecule has 2 atom stereocenters. The monoisotopic (exact) mass is 311 g/mol. The van der Waals surface area contributed by atoms with Crippen LogP contribution in [0.3, 0.4) is 0 Å². The molecule has 0 radical (unpaired) electrons. The standard InChI is InChI=1S/C19H25N3O/c1-14(22-11-5-10-21-9-4-6-15(21)13-22)19(23)17-12-20-18-8-3-2-7-16(17)18/h2-3,7-8,12,14-15,20H,4-6,9-11,13H2,1H3/t14-,15+/m0/s1. The highest BCUT2D eigenvalue weighted by Gasteiger charge is 2.32. The van der Waals surface area contributed by atoms with E-state index in [4.69, 9.17) is 0 Å². The van der Waals surface area contributed by atoms with Crippen LogP contribution in [0.5, 0.6) is 0 Å². The van der Waals surface area contributed by atoms with Gasteiger partial charge in [-0.2, -0.15) is 0 Å². The SMILES string of the molecule is C[C@@H](C(=O)c1c[nH]c2ccccc12)N1CCCN2CCC[C@@H]2C1. The molecule has 122 valence electrons. The number of hydrogen-bond donors (Lipinski definition) is 1. The van der Waals surface area contributed by atoms with Gasteiger partial charge in [0.1, 0.15) is 0 Å². The molecule has 4 rings (SSSR count). The van der Waals surface area contributed by atoms with Crippen molar-refractivity contribution in [1.29, 1.82) is 0 Å². The Balaban J connectivity index is 1.55. The van der Waals surface area contributed by atoms with Crippen molar-refractivity contribution < 1.29 is 4.79 Å². The molecule has 4 heteroatoms. The number of para-hydroxylation sites is 1. The lowest BCUT2D eigenvalue weighted by atomic mass is 10.0. The van der Waals surface area contributed by atoms with E-state index in [2.05, 4.69) is 21.7 Å². The van der Waals surface area contributed by atoms with Crippen LogP contribution in [0.4, 0.5) is 0 Å². The summed E-state index contributed by atoms with van der Waals surface area (Å²) in [7, 11) is 0. The Bertz CT molecular complexity index is 707. The minimum atomic E-state index is -0.0465. The number of H-pyrrole nitrogens is 1. The van der Waals surface area contributed by atoms with Crippen molar-refractivity contribution in [2.24, 2.45) is 0 Å². The van der Waals surface area contributed by atoms with Crippen LogP contribution >= 0.6 is 0 Å². The molecule has 0 bridgehead atoms. The molecular weight excluding hydrogens is 286 g/mol. The van der Waals surface area contributed by atoms with Crippen molar-refractivity contribution in [3.05, 3.63) is 36.0 Å². The highest BCUT2D eigenvalue weighted by atomic mass is 16.1. The highest BCUT2D eigenvalue weighted by molar-refractivity contribution is 6.10. The normalized spacial score (nSPS) is 24.5. The summed E-state index contributed by atoms with van der Waals surface area (Å²) in [6, 6.07) is 8.66. The number of carbonyl (C=O) groups excluding carboxylic acids is 1. The molecule has 0 saturated carbocycles. The van der Waals surface area contributed by atoms with Crippen LogP contribution in [-0.2, 0) is 0 Å². The van der Waals surface area contributed by atoms with E-state index < -0.39 is 0 Å². The zero-order chi connectivity index (χ0) is 15.8. The van der Waals surface area contributed by atoms with Crippen LogP contribution < -0.4 is 0 Å². The van der Waals surface area contributed by atoms with E-state index in [0.717, 1.165) is 29.6 Å². The number of rotatable bonds is 3. The molecule has 1 aromatic heterocycles. The average molecular weight is 311 g/mol. The molecule has 23 heavy (non-hydrogen) atoms. The summed E-state index contributed by atoms with van der Waals surface area (Å²) < 4.78 is 0. The van der Waals surface area contributed by atoms with Gasteiger partial charge in [0, 0.05) is 41.8 Å². The van der Waals surface area contributed by atoms with Crippen LogP contribution in [0.2, 0.25) is 0 Å². The number of benzene rings is 1. The number of fused-ring (bicyclic) bond motifs is 2. The fourth-order valence-corrected chi connectivity index (χ4v) is 4.25. The van der Waals surface area contributed by atoms with Crippen LogP contribution in [-0.4, -0.2) is 58.8 Å². The molecule has 2 saturated heterocycles. The smallest absolute Gasteiger partial charge is 0.181 e. The maximum Gasteiger partial charge on any atom is 0.181 e. The first kappa shape index (κ1) is 14.9. The maximum absolute atomic E-state index is 13.0. The van der Waals surface area contributed by atoms with Crippen molar-refractivity contribution >= 4 is 16.7 Å². The van der Waals surface area contributed by atoms with E-state index in [1.165, 1.54) is 32.4 Å². The van der Waals surface area contributed by atoms with Gasteiger partial charge < -0.3 is 4.98 Å². The molecule has 0 spiro atoms. The van der Waals surface area contributed by atoms with Crippen molar-refractivity contribution in [3.63, 3.8) is 0 Å². The van der Waals surface area contributed by atoms with E-state index in [1.54, 1.807) is 0 Å². The summed E-state index contributed by atoms with van der Waals surface area (Å²) in [6.07, 6.45) is 5.64. The zero-order valence-electron chi connectivity index (χ0n) is 13.8. The Hall–Kier alpha value is -1.65. The van der Waals surface area contributed by atoms with Gasteiger partial charge in [0.05, 0.1) is 6.04 Å². The predicted molar refractivity (Wildman–Crippen MR) is 92.9 cm³/mol. The first-order valence-corrected chi connectivity index (χ1v) is 8.82. The molecule has 3 heterocycles. The minimum Gasteiger partial charge on any atom is -0.360 e. The number of nitrogens with zero attached hydrogens (tertiary/aromatic N) is 2. The summed E-state index contributed by atoms with van der Waals surface area (Å²) in [5.41, 5.74) is 1.88. The van der Waals surface area contributed by atoms with Crippen LogP contribution in [0.1, 0.15) is 36.5 Å². The molecule has 1 N–H and O–H groups in total. The minimum absolute atomic E-state index is 0.0465. The van der Waals surface area contributed by atoms with Gasteiger partial charge in [-0.25, -0.2) is 0 Å². The van der Waals surface area contributed by atoms with Crippen molar-refractivity contribution in [2.45, 2.75) is 38.3 Å². The number of carbonyl (C=O) groups is 1. The van der Waals surface area contributed by atoms with E-state index >= 15 is 0 Å². The number of nitrogens with one attached hydrogen (secondary N) is 1. The zero-order valence-corrected chi connectivity index (χ0v) is 13.8. The van der Waals surface area contributed by atoms with Crippen molar-refractivity contribution in [2.75, 3.05) is 26.2 Å². The lowest BCUT2D eigenvalue weighted by molar-refractivity contribution is 0.0829. The number of Topliss-reactive ketones (excluding diaryl/α,β-unsaturated/α-hetero) is 1. The Morgan fingerprint density at radius 1 is 1.22 bits per heavy atom. The van der Waals surface area contributed by atoms with Crippen LogP contribution in [0.25, 0.3) is 10.9 Å². The Morgan fingerprint density at radius 2 is 2.04 bits per heavy atom. The fourth-order valence-electron chi connectivity index (χ4n) is 4.25. The van der Waals surface area contributed by atoms with Crippen molar-refractivity contribution in [3.8, 4) is 0 Å². The van der Waals surface area contributed by atoms with Gasteiger partial charge in [-0.1, -0.05) is 18.2 Å². The summed E-state index contributed by atoms with van der Waals surface area (Å²) in [6.45, 7) is 6.57. The largest absolute Gasteiger partial charge is 0.360 e. The lowest BCUT2D eigenvalue weighted by Crippen LogP contribution is -2.44. The molecule has 0 aliphatic carbocycles. The predicted octanol–water partition coefficient (Wildman–Crippen LogP) is 2.91. The Labute approximate surface area is 137 Å². The first-order valence-electron chi connectivity index (χ1n) is 8.82. The third-order valence-corrected chi connectivity index (χ3v) is 5.62. The quantitative estimate of drug-likeness (QED) is 0.886. The molecule has 2 aliphatic heterocycles. The van der Waals surface area contributed by atoms with Crippen LogP contribution in [0, 0.1) is 0 Å². The topological polar surface area (TPSA) is 39.3 Å². The van der Waals surface area contributed by atoms with Gasteiger partial charge in [0.2, 0.25) is 0 Å². The van der Waals surface area contributed by atoms with E-state index in [0.29, 0.717) is 6.04 Å². The molecule has 2 aromatic rings. The second-order valence-electron chi connectivity index (χ2n) is 6.97. The highest BCUT2D eigenvalue weighted by Crippen LogP contribution is 2.25. The lowest BCUT2D eigenvalue weighted by Gasteiger charge is -2.29. The van der Waals surface area contributed by atoms with Gasteiger partial charge in [-0.15, -0.1) is 0 Å². The Kier molecular flexibility index (Phi) is 3.95. The second-order valence-corrected chi connectivity index (χ2v) is 6.97. The van der Waals surface area contributed by atoms with Gasteiger partial charge >= 0.3 is 0 Å². The van der Waals surface area contributed by atoms with Crippen molar-refractivity contribution in [1.82, 2.24) is 14.8 Å². The summed E-state index contributed by atoms with van der Waals surface area (Å²) in [5.74, 6) is 0.244. The summed E-state index contributed by atoms with van der Waals surface area (Å²) >= 11 is 0. The molecular formula is C19H25N3O. The van der Waals surface area contributed by atoms with E-state index in [9.17, 15) is 4.79 Å². The molecule has 0 unspecified atom stereocenters. The molecule has 2 aliphatic rings. The maximum atomic E-state index is 13.0. The first-order chi connectivity index (χ1) is 11.2. The number of ketones is 1. The average Bonchev–Trinajstić information content (AvgIpc) is 3.15. The third-order valence-electron chi connectivity index (χ3n) is 5.62. The van der Waals surface area contributed by atoms with Gasteiger partial charge in [-0.3, -0.25) is 14.6 Å². The molecule has 1 aromatic carbocycles. The van der Waals surface area contributed by atoms with E-state index in [-0.39, 0.29) is 11.8 Å². The third kappa shape index (κ3) is 2.70. The Morgan fingerprint density at radius 3 is 2.96 bits per heavy atom. The second kappa shape index (κ2) is 6.10. The fraction of sp³-hybridized carbons (Fsp3) is 0.526. The van der Waals surface area contributed by atoms with E-state index in [1.807, 2.05) is 30.5 Å². The number of aromatic nitrogens is 1. The van der Waals surface area contributed by atoms with Gasteiger partial charge in [0.25, 0.3) is 0 Å².